The number of nitriles is 1. The van der Waals surface area contributed by atoms with Gasteiger partial charge in [-0.25, -0.2) is 8.42 Å². The number of esters is 1. The third-order valence-electron chi connectivity index (χ3n) is 4.66. The minimum absolute atomic E-state index is 0.0816. The smallest absolute Gasteiger partial charge is 0.321 e. The van der Waals surface area contributed by atoms with Crippen LogP contribution in [0, 0.1) is 11.3 Å². The molecule has 1 aliphatic carbocycles. The number of aryl methyl sites for hydroxylation is 1. The van der Waals surface area contributed by atoms with Crippen LogP contribution in [0.1, 0.15) is 32.1 Å². The van der Waals surface area contributed by atoms with Gasteiger partial charge in [-0.3, -0.25) is 14.3 Å². The fourth-order valence-electron chi connectivity index (χ4n) is 2.96. The van der Waals surface area contributed by atoms with Crippen molar-refractivity contribution in [3.05, 3.63) is 12.4 Å². The lowest BCUT2D eigenvalue weighted by atomic mass is 9.81. The Morgan fingerprint density at radius 1 is 1.41 bits per heavy atom. The van der Waals surface area contributed by atoms with Crippen molar-refractivity contribution in [2.75, 3.05) is 20.2 Å². The summed E-state index contributed by atoms with van der Waals surface area (Å²) in [7, 11) is -0.804. The highest BCUT2D eigenvalue weighted by molar-refractivity contribution is 7.89. The molecule has 1 fully saturated rings. The molecule has 0 aliphatic heterocycles. The summed E-state index contributed by atoms with van der Waals surface area (Å²) >= 11 is 0. The minimum Gasteiger partial charge on any atom is -0.455 e. The van der Waals surface area contributed by atoms with Gasteiger partial charge in [0.25, 0.3) is 5.91 Å². The van der Waals surface area contributed by atoms with Crippen molar-refractivity contribution < 1.29 is 22.7 Å². The average Bonchev–Trinajstić information content (AvgIpc) is 3.11. The number of amides is 1. The number of rotatable bonds is 7. The van der Waals surface area contributed by atoms with Gasteiger partial charge in [-0.2, -0.15) is 15.1 Å². The molecule has 0 unspecified atom stereocenters. The van der Waals surface area contributed by atoms with Crippen LogP contribution in [0.4, 0.5) is 0 Å². The van der Waals surface area contributed by atoms with Gasteiger partial charge in [-0.05, 0) is 12.8 Å². The predicted octanol–water partition coefficient (Wildman–Crippen LogP) is -0.0735. The van der Waals surface area contributed by atoms with Crippen LogP contribution in [0.3, 0.4) is 0 Å². The lowest BCUT2D eigenvalue weighted by molar-refractivity contribution is -0.152. The highest BCUT2D eigenvalue weighted by Crippen LogP contribution is 2.32. The maximum atomic E-state index is 12.3. The van der Waals surface area contributed by atoms with E-state index in [0.29, 0.717) is 12.8 Å². The summed E-state index contributed by atoms with van der Waals surface area (Å²) in [6, 6.07) is 2.22. The number of hydrogen-bond acceptors (Lipinski definition) is 7. The Kier molecular flexibility index (Phi) is 6.56. The molecule has 1 heterocycles. The van der Waals surface area contributed by atoms with Gasteiger partial charge >= 0.3 is 5.97 Å². The summed E-state index contributed by atoms with van der Waals surface area (Å²) in [4.78, 5) is 25.3. The highest BCUT2D eigenvalue weighted by Gasteiger charge is 2.39. The molecule has 0 atom stereocenters. The zero-order valence-corrected chi connectivity index (χ0v) is 16.2. The summed E-state index contributed by atoms with van der Waals surface area (Å²) < 4.78 is 32.3. The monoisotopic (exact) mass is 397 g/mol. The zero-order valence-electron chi connectivity index (χ0n) is 15.3. The lowest BCUT2D eigenvalue weighted by Gasteiger charge is -2.38. The largest absolute Gasteiger partial charge is 0.455 e. The average molecular weight is 397 g/mol. The summed E-state index contributed by atoms with van der Waals surface area (Å²) in [6.45, 7) is -1.16. The molecule has 0 saturated heterocycles. The van der Waals surface area contributed by atoms with E-state index in [0.717, 1.165) is 25.5 Å². The zero-order chi connectivity index (χ0) is 20.1. The van der Waals surface area contributed by atoms with Crippen molar-refractivity contribution in [1.29, 1.82) is 5.26 Å². The van der Waals surface area contributed by atoms with Gasteiger partial charge in [0.1, 0.15) is 17.0 Å². The Morgan fingerprint density at radius 2 is 2.07 bits per heavy atom. The van der Waals surface area contributed by atoms with Crippen LogP contribution in [-0.4, -0.2) is 60.7 Å². The molecule has 148 valence electrons. The van der Waals surface area contributed by atoms with Crippen LogP contribution in [0.5, 0.6) is 0 Å². The van der Waals surface area contributed by atoms with Gasteiger partial charge in [0.2, 0.25) is 10.0 Å². The summed E-state index contributed by atoms with van der Waals surface area (Å²) in [5, 5.41) is 13.2. The third kappa shape index (κ3) is 5.05. The molecule has 1 amide bonds. The van der Waals surface area contributed by atoms with Gasteiger partial charge in [0, 0.05) is 20.3 Å². The van der Waals surface area contributed by atoms with Gasteiger partial charge < -0.3 is 9.64 Å². The molecule has 0 radical (unpaired) electrons. The van der Waals surface area contributed by atoms with Gasteiger partial charge in [0.15, 0.2) is 6.61 Å². The fourth-order valence-corrected chi connectivity index (χ4v) is 3.91. The molecule has 0 spiro atoms. The second-order valence-electron chi connectivity index (χ2n) is 6.49. The first-order chi connectivity index (χ1) is 12.7. The molecule has 0 aromatic carbocycles. The first-order valence-corrected chi connectivity index (χ1v) is 10.0. The molecule has 11 heteroatoms. The molecule has 10 nitrogen and oxygen atoms in total. The lowest BCUT2D eigenvalue weighted by Crippen LogP contribution is -2.51. The van der Waals surface area contributed by atoms with Crippen molar-refractivity contribution in [3.63, 3.8) is 0 Å². The molecule has 1 aromatic rings. The summed E-state index contributed by atoms with van der Waals surface area (Å²) in [5.74, 6) is -1.39. The van der Waals surface area contributed by atoms with Crippen molar-refractivity contribution in [2.45, 2.75) is 42.5 Å². The summed E-state index contributed by atoms with van der Waals surface area (Å²) in [6.07, 6.45) is 6.37. The van der Waals surface area contributed by atoms with Crippen molar-refractivity contribution in [1.82, 2.24) is 19.4 Å². The van der Waals surface area contributed by atoms with Crippen molar-refractivity contribution in [3.8, 4) is 6.07 Å². The van der Waals surface area contributed by atoms with Crippen LogP contribution in [0.2, 0.25) is 0 Å². The van der Waals surface area contributed by atoms with E-state index < -0.39 is 40.6 Å². The molecule has 1 aromatic heterocycles. The van der Waals surface area contributed by atoms with E-state index in [-0.39, 0.29) is 4.90 Å². The Bertz CT molecular complexity index is 836. The van der Waals surface area contributed by atoms with E-state index in [4.69, 9.17) is 4.74 Å². The van der Waals surface area contributed by atoms with Crippen LogP contribution >= 0.6 is 0 Å². The molecular formula is C16H23N5O5S. The maximum absolute atomic E-state index is 12.3. The van der Waals surface area contributed by atoms with E-state index in [1.54, 1.807) is 7.05 Å². The number of hydrogen-bond donors (Lipinski definition) is 1. The normalized spacial score (nSPS) is 16.3. The molecule has 1 aliphatic rings. The van der Waals surface area contributed by atoms with E-state index >= 15 is 0 Å². The standard InChI is InChI=1S/C16H23N5O5S/c1-20-10-13(8-18-20)27(24,25)19-9-15(23)26-11-14(22)21(2)16(12-17)6-4-3-5-7-16/h8,10,19H,3-7,9,11H2,1-2H3. The highest BCUT2D eigenvalue weighted by atomic mass is 32.2. The number of likely N-dealkylation sites (N-methyl/N-ethyl adjacent to an activating group) is 1. The third-order valence-corrected chi connectivity index (χ3v) is 6.02. The predicted molar refractivity (Wildman–Crippen MR) is 93.6 cm³/mol. The number of nitrogens with zero attached hydrogens (tertiary/aromatic N) is 4. The van der Waals surface area contributed by atoms with Crippen LogP contribution in [0.25, 0.3) is 0 Å². The van der Waals surface area contributed by atoms with E-state index in [2.05, 4.69) is 15.9 Å². The van der Waals surface area contributed by atoms with Gasteiger partial charge in [0.05, 0.1) is 12.3 Å². The summed E-state index contributed by atoms with van der Waals surface area (Å²) in [5.41, 5.74) is -0.871. The Labute approximate surface area is 158 Å². The second-order valence-corrected chi connectivity index (χ2v) is 8.26. The number of sulfonamides is 1. The number of aromatic nitrogens is 2. The Balaban J connectivity index is 1.84. The van der Waals surface area contributed by atoms with Crippen LogP contribution in [-0.2, 0) is 31.4 Å². The van der Waals surface area contributed by atoms with Crippen molar-refractivity contribution >= 4 is 21.9 Å². The Morgan fingerprint density at radius 3 is 2.63 bits per heavy atom. The second kappa shape index (κ2) is 8.49. The number of carbonyl (C=O) groups excluding carboxylic acids is 2. The molecule has 27 heavy (non-hydrogen) atoms. The fraction of sp³-hybridized carbons (Fsp3) is 0.625. The molecule has 0 bridgehead atoms. The van der Waals surface area contributed by atoms with Gasteiger partial charge in [-0.15, -0.1) is 0 Å². The number of nitrogens with one attached hydrogen (secondary N) is 1. The number of ether oxygens (including phenoxy) is 1. The van der Waals surface area contributed by atoms with Crippen molar-refractivity contribution in [2.24, 2.45) is 7.05 Å². The van der Waals surface area contributed by atoms with Crippen LogP contribution < -0.4 is 4.72 Å². The quantitative estimate of drug-likeness (QED) is 0.636. The minimum atomic E-state index is -3.89. The number of carbonyl (C=O) groups is 2. The first-order valence-electron chi connectivity index (χ1n) is 8.52. The maximum Gasteiger partial charge on any atom is 0.321 e. The van der Waals surface area contributed by atoms with Gasteiger partial charge in [-0.1, -0.05) is 19.3 Å². The molecule has 2 rings (SSSR count). The first kappa shape index (κ1) is 20.9. The SMILES string of the molecule is CN(C(=O)COC(=O)CNS(=O)(=O)c1cnn(C)c1)C1(C#N)CCCCC1. The molecular weight excluding hydrogens is 374 g/mol. The van der Waals surface area contributed by atoms with E-state index in [1.807, 2.05) is 0 Å². The van der Waals surface area contributed by atoms with Crippen LogP contribution in [0.15, 0.2) is 17.3 Å². The Hall–Kier alpha value is -2.45. The molecule has 1 saturated carbocycles. The molecule has 1 N–H and O–H groups in total. The topological polar surface area (TPSA) is 134 Å². The van der Waals surface area contributed by atoms with E-state index in [1.165, 1.54) is 22.8 Å². The van der Waals surface area contributed by atoms with E-state index in [9.17, 15) is 23.3 Å².